The van der Waals surface area contributed by atoms with E-state index in [9.17, 15) is 9.90 Å². The van der Waals surface area contributed by atoms with Crippen molar-refractivity contribution in [2.75, 3.05) is 6.54 Å². The Kier molecular flexibility index (Phi) is 4.01. The Hall–Kier alpha value is -2.60. The molecule has 1 amide bonds. The largest absolute Gasteiger partial charge is 0.386 e. The fraction of sp³-hybridized carbons (Fsp3) is 0.429. The highest BCUT2D eigenvalue weighted by Crippen LogP contribution is 2.40. The second-order valence-corrected chi connectivity index (χ2v) is 7.74. The first-order valence-electron chi connectivity index (χ1n) is 9.76. The summed E-state index contributed by atoms with van der Waals surface area (Å²) < 4.78 is 1.95. The zero-order valence-electron chi connectivity index (χ0n) is 15.3. The Morgan fingerprint density at radius 1 is 1.30 bits per heavy atom. The summed E-state index contributed by atoms with van der Waals surface area (Å²) in [6, 6.07) is 10.2. The van der Waals surface area contributed by atoms with Gasteiger partial charge >= 0.3 is 0 Å². The maximum absolute atomic E-state index is 12.7. The first kappa shape index (κ1) is 16.6. The van der Waals surface area contributed by atoms with E-state index in [4.69, 9.17) is 0 Å². The van der Waals surface area contributed by atoms with Gasteiger partial charge in [0.05, 0.1) is 24.5 Å². The second kappa shape index (κ2) is 6.53. The Morgan fingerprint density at radius 3 is 3.00 bits per heavy atom. The van der Waals surface area contributed by atoms with E-state index in [2.05, 4.69) is 22.2 Å². The molecule has 0 bridgehead atoms. The third-order valence-corrected chi connectivity index (χ3v) is 5.82. The number of aliphatic hydroxyl groups excluding tert-OH is 1. The molecule has 2 aromatic heterocycles. The number of hydrogen-bond acceptors (Lipinski definition) is 3. The van der Waals surface area contributed by atoms with E-state index < -0.39 is 6.10 Å². The van der Waals surface area contributed by atoms with Crippen molar-refractivity contribution in [3.8, 4) is 0 Å². The van der Waals surface area contributed by atoms with Gasteiger partial charge in [0, 0.05) is 30.1 Å². The minimum absolute atomic E-state index is 0.178. The molecule has 1 atom stereocenters. The Labute approximate surface area is 157 Å². The van der Waals surface area contributed by atoms with Gasteiger partial charge in [0.25, 0.3) is 0 Å². The average Bonchev–Trinajstić information content (AvgIpc) is 3.33. The van der Waals surface area contributed by atoms with Crippen LogP contribution in [0.5, 0.6) is 0 Å². The van der Waals surface area contributed by atoms with Crippen LogP contribution in [0.3, 0.4) is 0 Å². The van der Waals surface area contributed by atoms with E-state index in [1.807, 2.05) is 34.0 Å². The molecular weight excluding hydrogens is 340 g/mol. The number of H-pyrrole nitrogens is 1. The van der Waals surface area contributed by atoms with Crippen molar-refractivity contribution in [2.45, 2.75) is 44.9 Å². The van der Waals surface area contributed by atoms with Gasteiger partial charge in [-0.3, -0.25) is 9.48 Å². The standard InChI is InChI=1S/C21H24N4O2/c26-20(8-7-15-12-22-18-4-2-1-3-17(15)18)24-9-10-25-16(13-24)11-19(23-25)21(27)14-5-6-14/h1-4,11-12,14,21-22,27H,5-10,13H2/t21-/m0/s1. The van der Waals surface area contributed by atoms with E-state index in [1.165, 1.54) is 10.9 Å². The summed E-state index contributed by atoms with van der Waals surface area (Å²) in [6.07, 6.45) is 4.98. The molecule has 1 aliphatic heterocycles. The molecule has 6 heteroatoms. The van der Waals surface area contributed by atoms with Crippen molar-refractivity contribution in [3.63, 3.8) is 0 Å². The smallest absolute Gasteiger partial charge is 0.223 e. The van der Waals surface area contributed by atoms with E-state index in [1.54, 1.807) is 0 Å². The third kappa shape index (κ3) is 3.14. The zero-order chi connectivity index (χ0) is 18.4. The molecule has 0 radical (unpaired) electrons. The first-order valence-corrected chi connectivity index (χ1v) is 9.76. The van der Waals surface area contributed by atoms with E-state index in [0.717, 1.165) is 36.2 Å². The van der Waals surface area contributed by atoms with Crippen LogP contribution in [0.2, 0.25) is 0 Å². The lowest BCUT2D eigenvalue weighted by atomic mass is 10.1. The van der Waals surface area contributed by atoms with Gasteiger partial charge in [0.2, 0.25) is 5.91 Å². The van der Waals surface area contributed by atoms with Crippen LogP contribution in [-0.4, -0.2) is 37.2 Å². The van der Waals surface area contributed by atoms with E-state index in [-0.39, 0.29) is 5.91 Å². The molecule has 3 aromatic rings. The number of para-hydroxylation sites is 1. The van der Waals surface area contributed by atoms with Crippen LogP contribution in [0.4, 0.5) is 0 Å². The molecule has 1 aliphatic carbocycles. The summed E-state index contributed by atoms with van der Waals surface area (Å²) in [5, 5.41) is 16.0. The second-order valence-electron chi connectivity index (χ2n) is 7.74. The van der Waals surface area contributed by atoms with Gasteiger partial charge in [0.15, 0.2) is 0 Å². The maximum Gasteiger partial charge on any atom is 0.223 e. The van der Waals surface area contributed by atoms with Crippen LogP contribution in [0.25, 0.3) is 10.9 Å². The number of aromatic amines is 1. The summed E-state index contributed by atoms with van der Waals surface area (Å²) in [5.74, 6) is 0.549. The summed E-state index contributed by atoms with van der Waals surface area (Å²) >= 11 is 0. The summed E-state index contributed by atoms with van der Waals surface area (Å²) in [7, 11) is 0. The highest BCUT2D eigenvalue weighted by atomic mass is 16.3. The average molecular weight is 364 g/mol. The van der Waals surface area contributed by atoms with Crippen molar-refractivity contribution >= 4 is 16.8 Å². The number of rotatable bonds is 5. The van der Waals surface area contributed by atoms with Crippen LogP contribution in [-0.2, 0) is 24.3 Å². The van der Waals surface area contributed by atoms with Crippen molar-refractivity contribution in [1.29, 1.82) is 0 Å². The van der Waals surface area contributed by atoms with Crippen LogP contribution in [0, 0.1) is 5.92 Å². The zero-order valence-corrected chi connectivity index (χ0v) is 15.3. The third-order valence-electron chi connectivity index (χ3n) is 5.82. The minimum Gasteiger partial charge on any atom is -0.386 e. The van der Waals surface area contributed by atoms with Crippen molar-refractivity contribution in [3.05, 3.63) is 53.5 Å². The number of benzene rings is 1. The lowest BCUT2D eigenvalue weighted by Gasteiger charge is -2.27. The number of aromatic nitrogens is 3. The van der Waals surface area contributed by atoms with Crippen LogP contribution >= 0.6 is 0 Å². The summed E-state index contributed by atoms with van der Waals surface area (Å²) in [4.78, 5) is 17.9. The number of carbonyl (C=O) groups excluding carboxylic acids is 1. The van der Waals surface area contributed by atoms with Crippen molar-refractivity contribution < 1.29 is 9.90 Å². The normalized spacial score (nSPS) is 17.9. The molecule has 2 aliphatic rings. The van der Waals surface area contributed by atoms with Crippen molar-refractivity contribution in [2.24, 2.45) is 5.92 Å². The number of amides is 1. The Morgan fingerprint density at radius 2 is 2.15 bits per heavy atom. The highest BCUT2D eigenvalue weighted by molar-refractivity contribution is 5.84. The van der Waals surface area contributed by atoms with Crippen molar-refractivity contribution in [1.82, 2.24) is 19.7 Å². The predicted molar refractivity (Wildman–Crippen MR) is 102 cm³/mol. The molecule has 6 nitrogen and oxygen atoms in total. The number of nitrogens with one attached hydrogen (secondary N) is 1. The molecule has 0 unspecified atom stereocenters. The van der Waals surface area contributed by atoms with Gasteiger partial charge in [-0.05, 0) is 42.9 Å². The number of nitrogens with zero attached hydrogens (tertiary/aromatic N) is 3. The monoisotopic (exact) mass is 364 g/mol. The SMILES string of the molecule is O=C(CCc1c[nH]c2ccccc12)N1CCn2nc([C@@H](O)C3CC3)cc2C1. The molecule has 0 saturated heterocycles. The molecule has 140 valence electrons. The number of hydrogen-bond donors (Lipinski definition) is 2. The molecule has 1 aromatic carbocycles. The molecule has 0 spiro atoms. The molecule has 1 fully saturated rings. The van der Waals surface area contributed by atoms with Gasteiger partial charge in [-0.25, -0.2) is 0 Å². The fourth-order valence-electron chi connectivity index (χ4n) is 4.04. The number of carbonyl (C=O) groups is 1. The predicted octanol–water partition coefficient (Wildman–Crippen LogP) is 2.78. The number of aryl methyl sites for hydroxylation is 1. The maximum atomic E-state index is 12.7. The topological polar surface area (TPSA) is 74.2 Å². The summed E-state index contributed by atoms with van der Waals surface area (Å²) in [5.41, 5.74) is 4.09. The number of aliphatic hydroxyl groups is 1. The fourth-order valence-corrected chi connectivity index (χ4v) is 4.04. The quantitative estimate of drug-likeness (QED) is 0.731. The molecule has 2 N–H and O–H groups in total. The Bertz CT molecular complexity index is 985. The van der Waals surface area contributed by atoms with Crippen LogP contribution in [0.15, 0.2) is 36.5 Å². The molecule has 3 heterocycles. The summed E-state index contributed by atoms with van der Waals surface area (Å²) in [6.45, 7) is 1.96. The van der Waals surface area contributed by atoms with Gasteiger partial charge in [-0.2, -0.15) is 5.10 Å². The van der Waals surface area contributed by atoms with Gasteiger partial charge in [-0.15, -0.1) is 0 Å². The molecule has 1 saturated carbocycles. The van der Waals surface area contributed by atoms with Gasteiger partial charge in [0.1, 0.15) is 6.10 Å². The minimum atomic E-state index is -0.450. The molecule has 27 heavy (non-hydrogen) atoms. The molecular formula is C21H24N4O2. The van der Waals surface area contributed by atoms with Crippen LogP contribution in [0.1, 0.15) is 42.3 Å². The highest BCUT2D eigenvalue weighted by Gasteiger charge is 2.33. The van der Waals surface area contributed by atoms with Crippen LogP contribution < -0.4 is 0 Å². The lowest BCUT2D eigenvalue weighted by Crippen LogP contribution is -2.38. The first-order chi connectivity index (χ1) is 13.2. The lowest BCUT2D eigenvalue weighted by molar-refractivity contribution is -0.132. The molecule has 5 rings (SSSR count). The number of fused-ring (bicyclic) bond motifs is 2. The Balaban J connectivity index is 1.24. The van der Waals surface area contributed by atoms with Gasteiger partial charge < -0.3 is 15.0 Å². The van der Waals surface area contributed by atoms with Gasteiger partial charge in [-0.1, -0.05) is 18.2 Å². The van der Waals surface area contributed by atoms with E-state index >= 15 is 0 Å². The van der Waals surface area contributed by atoms with E-state index in [0.29, 0.717) is 32.0 Å².